The summed E-state index contributed by atoms with van der Waals surface area (Å²) < 4.78 is 0. The quantitative estimate of drug-likeness (QED) is 0.806. The van der Waals surface area contributed by atoms with E-state index < -0.39 is 5.41 Å². The van der Waals surface area contributed by atoms with Gasteiger partial charge in [0.1, 0.15) is 0 Å². The molecule has 0 radical (unpaired) electrons. The fraction of sp³-hybridized carbons (Fsp3) is 0.867. The molecule has 0 aromatic carbocycles. The van der Waals surface area contributed by atoms with Gasteiger partial charge in [-0.15, -0.1) is 0 Å². The summed E-state index contributed by atoms with van der Waals surface area (Å²) in [5.74, 6) is 0.655. The van der Waals surface area contributed by atoms with Gasteiger partial charge in [0.2, 0.25) is 11.8 Å². The van der Waals surface area contributed by atoms with Crippen LogP contribution in [0.5, 0.6) is 0 Å². The Labute approximate surface area is 121 Å². The Balaban J connectivity index is 1.86. The van der Waals surface area contributed by atoms with Crippen LogP contribution in [0.4, 0.5) is 0 Å². The number of carbonyl (C=O) groups excluding carboxylic acids is 2. The summed E-state index contributed by atoms with van der Waals surface area (Å²) in [6.07, 6.45) is 5.64. The van der Waals surface area contributed by atoms with Crippen LogP contribution in [0.3, 0.4) is 0 Å². The van der Waals surface area contributed by atoms with E-state index in [4.69, 9.17) is 5.73 Å². The van der Waals surface area contributed by atoms with Crippen molar-refractivity contribution < 1.29 is 9.59 Å². The summed E-state index contributed by atoms with van der Waals surface area (Å²) in [7, 11) is 1.65. The number of hydrogen-bond donors (Lipinski definition) is 2. The van der Waals surface area contributed by atoms with Crippen molar-refractivity contribution in [2.24, 2.45) is 17.1 Å². The maximum atomic E-state index is 12.4. The molecule has 20 heavy (non-hydrogen) atoms. The smallest absolute Gasteiger partial charge is 0.227 e. The van der Waals surface area contributed by atoms with Crippen LogP contribution < -0.4 is 11.1 Å². The molecule has 0 bridgehead atoms. The van der Waals surface area contributed by atoms with Crippen molar-refractivity contribution in [1.29, 1.82) is 0 Å². The van der Waals surface area contributed by atoms with Gasteiger partial charge in [-0.25, -0.2) is 0 Å². The molecule has 1 saturated carbocycles. The SMILES string of the molecule is CNC(=O)C1(C)CCN(C(=O)CC2CCCC(N)C2)C1. The summed E-state index contributed by atoms with van der Waals surface area (Å²) in [5, 5.41) is 2.70. The van der Waals surface area contributed by atoms with Crippen molar-refractivity contribution in [3.8, 4) is 0 Å². The zero-order chi connectivity index (χ0) is 14.8. The van der Waals surface area contributed by atoms with E-state index in [0.29, 0.717) is 25.4 Å². The highest BCUT2D eigenvalue weighted by Crippen LogP contribution is 2.32. The molecule has 2 amide bonds. The molecular formula is C15H27N3O2. The van der Waals surface area contributed by atoms with Gasteiger partial charge in [-0.2, -0.15) is 0 Å². The van der Waals surface area contributed by atoms with Gasteiger partial charge < -0.3 is 16.0 Å². The first-order chi connectivity index (χ1) is 9.44. The second-order valence-electron chi connectivity index (χ2n) is 6.70. The average molecular weight is 281 g/mol. The molecule has 3 unspecified atom stereocenters. The minimum Gasteiger partial charge on any atom is -0.359 e. The molecular weight excluding hydrogens is 254 g/mol. The number of nitrogens with zero attached hydrogens (tertiary/aromatic N) is 1. The van der Waals surface area contributed by atoms with E-state index in [9.17, 15) is 9.59 Å². The number of nitrogens with one attached hydrogen (secondary N) is 1. The van der Waals surface area contributed by atoms with Gasteiger partial charge in [0, 0.05) is 32.6 Å². The number of hydrogen-bond acceptors (Lipinski definition) is 3. The molecule has 2 rings (SSSR count). The Morgan fingerprint density at radius 3 is 2.80 bits per heavy atom. The molecule has 1 saturated heterocycles. The molecule has 1 aliphatic heterocycles. The predicted octanol–water partition coefficient (Wildman–Crippen LogP) is 0.879. The van der Waals surface area contributed by atoms with Gasteiger partial charge in [-0.05, 0) is 38.5 Å². The van der Waals surface area contributed by atoms with Crippen molar-refractivity contribution in [3.05, 3.63) is 0 Å². The molecule has 1 aliphatic carbocycles. The van der Waals surface area contributed by atoms with Crippen LogP contribution in [0.15, 0.2) is 0 Å². The summed E-state index contributed by atoms with van der Waals surface area (Å²) in [5.41, 5.74) is 5.55. The third kappa shape index (κ3) is 3.32. The Morgan fingerprint density at radius 1 is 1.40 bits per heavy atom. The van der Waals surface area contributed by atoms with Crippen LogP contribution >= 0.6 is 0 Å². The highest BCUT2D eigenvalue weighted by atomic mass is 16.2. The summed E-state index contributed by atoms with van der Waals surface area (Å²) in [6, 6.07) is 0.260. The molecule has 114 valence electrons. The summed E-state index contributed by atoms with van der Waals surface area (Å²) >= 11 is 0. The molecule has 3 N–H and O–H groups in total. The molecule has 0 spiro atoms. The maximum absolute atomic E-state index is 12.4. The van der Waals surface area contributed by atoms with E-state index >= 15 is 0 Å². The Kier molecular flexibility index (Phi) is 4.68. The average Bonchev–Trinajstić information content (AvgIpc) is 2.82. The van der Waals surface area contributed by atoms with Gasteiger partial charge in [-0.1, -0.05) is 6.42 Å². The molecule has 2 aliphatic rings. The van der Waals surface area contributed by atoms with Gasteiger partial charge in [-0.3, -0.25) is 9.59 Å². The lowest BCUT2D eigenvalue weighted by Crippen LogP contribution is -2.41. The van der Waals surface area contributed by atoms with Crippen LogP contribution in [0.25, 0.3) is 0 Å². The van der Waals surface area contributed by atoms with Crippen LogP contribution in [0.2, 0.25) is 0 Å². The van der Waals surface area contributed by atoms with Crippen molar-refractivity contribution in [1.82, 2.24) is 10.2 Å². The molecule has 1 heterocycles. The van der Waals surface area contributed by atoms with Crippen molar-refractivity contribution in [3.63, 3.8) is 0 Å². The molecule has 0 aromatic heterocycles. The summed E-state index contributed by atoms with van der Waals surface area (Å²) in [6.45, 7) is 3.18. The molecule has 2 fully saturated rings. The highest BCUT2D eigenvalue weighted by molar-refractivity contribution is 5.84. The zero-order valence-electron chi connectivity index (χ0n) is 12.7. The third-order valence-electron chi connectivity index (χ3n) is 4.89. The van der Waals surface area contributed by atoms with Crippen LogP contribution in [0, 0.1) is 11.3 Å². The van der Waals surface area contributed by atoms with Gasteiger partial charge in [0.25, 0.3) is 0 Å². The minimum atomic E-state index is -0.423. The van der Waals surface area contributed by atoms with E-state index in [-0.39, 0.29) is 17.9 Å². The second-order valence-corrected chi connectivity index (χ2v) is 6.70. The lowest BCUT2D eigenvalue weighted by molar-refractivity contribution is -0.133. The Bertz CT molecular complexity index is 385. The van der Waals surface area contributed by atoms with E-state index in [1.165, 1.54) is 0 Å². The van der Waals surface area contributed by atoms with Crippen LogP contribution in [0.1, 0.15) is 45.4 Å². The van der Waals surface area contributed by atoms with Gasteiger partial charge in [0.05, 0.1) is 5.41 Å². The second kappa shape index (κ2) is 6.12. The van der Waals surface area contributed by atoms with Crippen molar-refractivity contribution in [2.75, 3.05) is 20.1 Å². The van der Waals surface area contributed by atoms with Gasteiger partial charge >= 0.3 is 0 Å². The monoisotopic (exact) mass is 281 g/mol. The minimum absolute atomic E-state index is 0.0347. The Hall–Kier alpha value is -1.10. The van der Waals surface area contributed by atoms with Crippen molar-refractivity contribution >= 4 is 11.8 Å². The number of nitrogens with two attached hydrogens (primary N) is 1. The van der Waals surface area contributed by atoms with Crippen LogP contribution in [-0.4, -0.2) is 42.9 Å². The van der Waals surface area contributed by atoms with E-state index in [2.05, 4.69) is 5.32 Å². The lowest BCUT2D eigenvalue weighted by atomic mass is 9.84. The predicted molar refractivity (Wildman–Crippen MR) is 77.9 cm³/mol. The first-order valence-corrected chi connectivity index (χ1v) is 7.70. The lowest BCUT2D eigenvalue weighted by Gasteiger charge is -2.28. The van der Waals surface area contributed by atoms with E-state index in [1.807, 2.05) is 11.8 Å². The topological polar surface area (TPSA) is 75.4 Å². The molecule has 5 nitrogen and oxygen atoms in total. The number of rotatable bonds is 3. The fourth-order valence-corrected chi connectivity index (χ4v) is 3.56. The third-order valence-corrected chi connectivity index (χ3v) is 4.89. The number of carbonyl (C=O) groups is 2. The maximum Gasteiger partial charge on any atom is 0.227 e. The first kappa shape index (κ1) is 15.3. The normalized spacial score (nSPS) is 34.0. The highest BCUT2D eigenvalue weighted by Gasteiger charge is 2.41. The molecule has 3 atom stereocenters. The molecule has 5 heteroatoms. The first-order valence-electron chi connectivity index (χ1n) is 7.70. The fourth-order valence-electron chi connectivity index (χ4n) is 3.56. The standard InChI is InChI=1S/C15H27N3O2/c1-15(14(20)17-2)6-7-18(10-15)13(19)9-11-4-3-5-12(16)8-11/h11-12H,3-10,16H2,1-2H3,(H,17,20). The zero-order valence-corrected chi connectivity index (χ0v) is 12.7. The van der Waals surface area contributed by atoms with E-state index in [0.717, 1.165) is 32.1 Å². The number of amides is 2. The molecule has 0 aromatic rings. The Morgan fingerprint density at radius 2 is 2.15 bits per heavy atom. The van der Waals surface area contributed by atoms with Gasteiger partial charge in [0.15, 0.2) is 0 Å². The number of likely N-dealkylation sites (tertiary alicyclic amines) is 1. The largest absolute Gasteiger partial charge is 0.359 e. The summed E-state index contributed by atoms with van der Waals surface area (Å²) in [4.78, 5) is 26.1. The van der Waals surface area contributed by atoms with Crippen LogP contribution in [-0.2, 0) is 9.59 Å². The van der Waals surface area contributed by atoms with Crippen molar-refractivity contribution in [2.45, 2.75) is 51.5 Å². The van der Waals surface area contributed by atoms with E-state index in [1.54, 1.807) is 7.05 Å².